The van der Waals surface area contributed by atoms with Crippen molar-refractivity contribution in [3.63, 3.8) is 0 Å². The molecule has 1 aromatic heterocycles. The molecule has 0 radical (unpaired) electrons. The molecule has 3 atom stereocenters. The van der Waals surface area contributed by atoms with Crippen LogP contribution in [0.25, 0.3) is 0 Å². The first kappa shape index (κ1) is 22.4. The molecule has 0 aromatic carbocycles. The molecule has 7 nitrogen and oxygen atoms in total. The Hall–Kier alpha value is -1.25. The van der Waals surface area contributed by atoms with Crippen molar-refractivity contribution in [1.82, 2.24) is 9.97 Å². The number of rotatable bonds is 9. The molecular formula is C20H30ClN3O4S. The number of carbonyl (C=O) groups is 1. The van der Waals surface area contributed by atoms with E-state index in [1.165, 1.54) is 0 Å². The van der Waals surface area contributed by atoms with Gasteiger partial charge < -0.3 is 14.4 Å². The lowest BCUT2D eigenvalue weighted by Gasteiger charge is -2.34. The highest BCUT2D eigenvalue weighted by atomic mass is 35.5. The van der Waals surface area contributed by atoms with E-state index < -0.39 is 19.8 Å². The van der Waals surface area contributed by atoms with Crippen molar-refractivity contribution in [2.75, 3.05) is 24.7 Å². The lowest BCUT2D eigenvalue weighted by Crippen LogP contribution is -2.44. The van der Waals surface area contributed by atoms with E-state index in [-0.39, 0.29) is 17.2 Å². The molecule has 2 fully saturated rings. The van der Waals surface area contributed by atoms with E-state index in [0.717, 1.165) is 6.29 Å². The minimum absolute atomic E-state index is 0.0740. The minimum atomic E-state index is -3.45. The largest absolute Gasteiger partial charge is 0.377 e. The van der Waals surface area contributed by atoms with Gasteiger partial charge in [-0.05, 0) is 57.0 Å². The summed E-state index contributed by atoms with van der Waals surface area (Å²) in [5.41, 5.74) is 0.499. The second-order valence-corrected chi connectivity index (χ2v) is 11.4. The molecule has 0 bridgehead atoms. The number of nitrogens with zero attached hydrogens (tertiary/aromatic N) is 3. The number of halogens is 1. The number of hydrogen-bond acceptors (Lipinski definition) is 7. The van der Waals surface area contributed by atoms with Gasteiger partial charge >= 0.3 is 0 Å². The van der Waals surface area contributed by atoms with E-state index in [0.29, 0.717) is 63.4 Å². The van der Waals surface area contributed by atoms with Crippen LogP contribution in [0.3, 0.4) is 0 Å². The maximum Gasteiger partial charge on any atom is 0.224 e. The van der Waals surface area contributed by atoms with Crippen LogP contribution in [0.4, 0.5) is 5.82 Å². The molecule has 1 aliphatic heterocycles. The third-order valence-electron chi connectivity index (χ3n) is 6.16. The quantitative estimate of drug-likeness (QED) is 0.427. The first-order valence-electron chi connectivity index (χ1n) is 10.3. The fraction of sp³-hybridized carbons (Fsp3) is 0.750. The van der Waals surface area contributed by atoms with Crippen molar-refractivity contribution in [3.8, 4) is 0 Å². The zero-order chi connectivity index (χ0) is 21.2. The van der Waals surface area contributed by atoms with Gasteiger partial charge in [0.05, 0.1) is 30.2 Å². The van der Waals surface area contributed by atoms with Crippen molar-refractivity contribution < 1.29 is 17.9 Å². The number of morpholine rings is 1. The average Bonchev–Trinajstić information content (AvgIpc) is 3.48. The van der Waals surface area contributed by atoms with Crippen LogP contribution in [0.5, 0.6) is 0 Å². The van der Waals surface area contributed by atoms with Gasteiger partial charge in [0.1, 0.15) is 16.9 Å². The summed E-state index contributed by atoms with van der Waals surface area (Å²) in [7, 11) is -3.45. The number of sulfone groups is 1. The number of aromatic nitrogens is 2. The molecule has 29 heavy (non-hydrogen) atoms. The van der Waals surface area contributed by atoms with E-state index in [2.05, 4.69) is 14.9 Å². The zero-order valence-corrected chi connectivity index (χ0v) is 18.9. The van der Waals surface area contributed by atoms with Crippen LogP contribution in [-0.4, -0.2) is 55.7 Å². The van der Waals surface area contributed by atoms with E-state index in [1.807, 2.05) is 13.8 Å². The standard InChI is InChI=1S/C20H30ClN3O4S/c1-14(6-10-25)4-5-16(3)29(26,27)20(7-8-20)17-12-18(23-19(21)22-17)24-9-11-28-13-15(24)2/h10,12,14-16H,4-9,11,13H2,1-3H3/t14?,15-,16?/m0/s1. The van der Waals surface area contributed by atoms with Gasteiger partial charge in [-0.25, -0.2) is 18.4 Å². The lowest BCUT2D eigenvalue weighted by molar-refractivity contribution is -0.108. The Balaban J connectivity index is 1.84. The molecule has 0 N–H and O–H groups in total. The van der Waals surface area contributed by atoms with Gasteiger partial charge in [0.15, 0.2) is 9.84 Å². The Labute approximate surface area is 178 Å². The molecule has 9 heteroatoms. The predicted molar refractivity (Wildman–Crippen MR) is 113 cm³/mol. The van der Waals surface area contributed by atoms with Crippen LogP contribution in [0.15, 0.2) is 6.07 Å². The van der Waals surface area contributed by atoms with Crippen molar-refractivity contribution in [2.24, 2.45) is 5.92 Å². The van der Waals surface area contributed by atoms with Gasteiger partial charge in [0, 0.05) is 19.0 Å². The van der Waals surface area contributed by atoms with Crippen molar-refractivity contribution >= 4 is 33.5 Å². The molecule has 0 amide bonds. The highest BCUT2D eigenvalue weighted by Crippen LogP contribution is 2.54. The van der Waals surface area contributed by atoms with Gasteiger partial charge in [-0.15, -0.1) is 0 Å². The Morgan fingerprint density at radius 1 is 1.34 bits per heavy atom. The summed E-state index contributed by atoms with van der Waals surface area (Å²) >= 11 is 6.21. The Morgan fingerprint density at radius 3 is 2.69 bits per heavy atom. The molecule has 1 aliphatic carbocycles. The van der Waals surface area contributed by atoms with E-state index in [1.54, 1.807) is 13.0 Å². The molecule has 162 valence electrons. The number of anilines is 1. The van der Waals surface area contributed by atoms with Crippen molar-refractivity contribution in [1.29, 1.82) is 0 Å². The topological polar surface area (TPSA) is 89.5 Å². The zero-order valence-electron chi connectivity index (χ0n) is 17.3. The molecule has 3 rings (SSSR count). The molecular weight excluding hydrogens is 414 g/mol. The fourth-order valence-electron chi connectivity index (χ4n) is 4.00. The third-order valence-corrected chi connectivity index (χ3v) is 9.33. The van der Waals surface area contributed by atoms with Gasteiger partial charge in [0.25, 0.3) is 0 Å². The summed E-state index contributed by atoms with van der Waals surface area (Å²) in [6.45, 7) is 7.65. The van der Waals surface area contributed by atoms with Gasteiger partial charge in [0.2, 0.25) is 5.28 Å². The van der Waals surface area contributed by atoms with Crippen LogP contribution in [0, 0.1) is 5.92 Å². The Morgan fingerprint density at radius 2 is 2.07 bits per heavy atom. The average molecular weight is 444 g/mol. The predicted octanol–water partition coefficient (Wildman–Crippen LogP) is 3.15. The van der Waals surface area contributed by atoms with Gasteiger partial charge in [-0.2, -0.15) is 0 Å². The summed E-state index contributed by atoms with van der Waals surface area (Å²) in [5.74, 6) is 0.841. The molecule has 2 unspecified atom stereocenters. The van der Waals surface area contributed by atoms with Crippen LogP contribution >= 0.6 is 11.6 Å². The van der Waals surface area contributed by atoms with Crippen LogP contribution in [0.2, 0.25) is 5.28 Å². The first-order chi connectivity index (χ1) is 13.7. The van der Waals surface area contributed by atoms with Gasteiger partial charge in [-0.1, -0.05) is 6.92 Å². The second-order valence-electron chi connectivity index (χ2n) is 8.43. The van der Waals surface area contributed by atoms with E-state index in [4.69, 9.17) is 16.3 Å². The van der Waals surface area contributed by atoms with Crippen LogP contribution < -0.4 is 4.90 Å². The van der Waals surface area contributed by atoms with Gasteiger partial charge in [-0.3, -0.25) is 0 Å². The van der Waals surface area contributed by atoms with E-state index >= 15 is 0 Å². The van der Waals surface area contributed by atoms with Crippen LogP contribution in [-0.2, 0) is 24.1 Å². The summed E-state index contributed by atoms with van der Waals surface area (Å²) < 4.78 is 31.4. The summed E-state index contributed by atoms with van der Waals surface area (Å²) in [5, 5.41) is -0.427. The maximum absolute atomic E-state index is 13.4. The first-order valence-corrected chi connectivity index (χ1v) is 12.2. The summed E-state index contributed by atoms with van der Waals surface area (Å²) in [6.07, 6.45) is 3.69. The molecule has 2 aliphatic rings. The number of aldehydes is 1. The monoisotopic (exact) mass is 443 g/mol. The number of hydrogen-bond donors (Lipinski definition) is 0. The number of carbonyl (C=O) groups excluding carboxylic acids is 1. The Bertz CT molecular complexity index is 844. The molecule has 1 saturated carbocycles. The number of ether oxygens (including phenoxy) is 1. The Kier molecular flexibility index (Phi) is 6.85. The van der Waals surface area contributed by atoms with E-state index in [9.17, 15) is 13.2 Å². The molecule has 0 spiro atoms. The highest BCUT2D eigenvalue weighted by Gasteiger charge is 2.58. The second kappa shape index (κ2) is 8.86. The summed E-state index contributed by atoms with van der Waals surface area (Å²) in [4.78, 5) is 21.4. The van der Waals surface area contributed by atoms with Crippen molar-refractivity contribution in [2.45, 2.75) is 68.9 Å². The summed E-state index contributed by atoms with van der Waals surface area (Å²) in [6, 6.07) is 1.92. The third kappa shape index (κ3) is 4.59. The normalized spacial score (nSPS) is 23.4. The fourth-order valence-corrected chi connectivity index (χ4v) is 6.46. The maximum atomic E-state index is 13.4. The molecule has 1 aromatic rings. The minimum Gasteiger partial charge on any atom is -0.377 e. The highest BCUT2D eigenvalue weighted by molar-refractivity contribution is 7.93. The SMILES string of the molecule is CC(CC=O)CCC(C)S(=O)(=O)C1(c2cc(N3CCOC[C@@H]3C)nc(Cl)n2)CC1. The molecule has 1 saturated heterocycles. The van der Waals surface area contributed by atoms with Crippen LogP contribution in [0.1, 0.15) is 58.6 Å². The van der Waals surface area contributed by atoms with Crippen molar-refractivity contribution in [3.05, 3.63) is 17.0 Å². The lowest BCUT2D eigenvalue weighted by atomic mass is 10.0. The smallest absolute Gasteiger partial charge is 0.224 e. The molecule has 2 heterocycles.